The van der Waals surface area contributed by atoms with Crippen molar-refractivity contribution in [3.63, 3.8) is 0 Å². The molecule has 0 radical (unpaired) electrons. The van der Waals surface area contributed by atoms with Crippen LogP contribution < -0.4 is 4.74 Å². The number of rotatable bonds is 5. The fourth-order valence-corrected chi connectivity index (χ4v) is 3.94. The van der Waals surface area contributed by atoms with Crippen LogP contribution in [0.4, 0.5) is 0 Å². The highest BCUT2D eigenvalue weighted by Crippen LogP contribution is 2.35. The monoisotopic (exact) mass is 404 g/mol. The molecule has 4 rings (SSSR count). The lowest BCUT2D eigenvalue weighted by Gasteiger charge is -2.30. The molecule has 2 N–H and O–H groups in total. The summed E-state index contributed by atoms with van der Waals surface area (Å²) >= 11 is 0. The number of aromatic hydroxyl groups is 1. The highest BCUT2D eigenvalue weighted by Gasteiger charge is 2.27. The Hall–Kier alpha value is -3.38. The molecule has 0 amide bonds. The summed E-state index contributed by atoms with van der Waals surface area (Å²) in [5.74, 6) is -0.422. The van der Waals surface area contributed by atoms with E-state index in [0.29, 0.717) is 41.9 Å². The average molecular weight is 404 g/mol. The van der Waals surface area contributed by atoms with E-state index in [2.05, 4.69) is 11.8 Å². The summed E-state index contributed by atoms with van der Waals surface area (Å²) in [4.78, 5) is 19.2. The van der Waals surface area contributed by atoms with Crippen molar-refractivity contribution in [2.45, 2.75) is 20.4 Å². The molecule has 0 spiro atoms. The molecular weight excluding hydrogens is 380 g/mol. The van der Waals surface area contributed by atoms with Gasteiger partial charge in [0, 0.05) is 24.0 Å². The van der Waals surface area contributed by atoms with Gasteiger partial charge >= 0.3 is 5.97 Å². The molecule has 0 unspecified atom stereocenters. The van der Waals surface area contributed by atoms with Crippen molar-refractivity contribution < 1.29 is 19.7 Å². The molecule has 0 fully saturated rings. The number of likely N-dealkylation sites (N-methyl/N-ethyl adjacent to an activating group) is 1. The van der Waals surface area contributed by atoms with Crippen molar-refractivity contribution in [2.75, 3.05) is 19.7 Å². The molecule has 0 saturated heterocycles. The lowest BCUT2D eigenvalue weighted by atomic mass is 9.92. The van der Waals surface area contributed by atoms with Crippen LogP contribution >= 0.6 is 0 Å². The molecule has 0 aliphatic carbocycles. The fraction of sp³-hybridized carbons (Fsp3) is 0.250. The van der Waals surface area contributed by atoms with Gasteiger partial charge in [0.1, 0.15) is 0 Å². The first-order valence-corrected chi connectivity index (χ1v) is 10.1. The summed E-state index contributed by atoms with van der Waals surface area (Å²) in [5.41, 5.74) is 4.26. The molecule has 1 aliphatic heterocycles. The van der Waals surface area contributed by atoms with Crippen LogP contribution in [0.5, 0.6) is 11.5 Å². The number of hydrogen-bond acceptors (Lipinski definition) is 5. The number of nitrogens with zero attached hydrogens (tertiary/aromatic N) is 2. The van der Waals surface area contributed by atoms with Crippen molar-refractivity contribution in [3.05, 3.63) is 64.8 Å². The SMILES string of the molecule is CCOc1cc(C=C2CN(CC)Cc3c2nc2ccccc2c3C(=O)O)ccc1O. The maximum atomic E-state index is 12.2. The Morgan fingerprint density at radius 3 is 2.73 bits per heavy atom. The summed E-state index contributed by atoms with van der Waals surface area (Å²) in [6.45, 7) is 6.38. The van der Waals surface area contributed by atoms with Crippen LogP contribution in [0.25, 0.3) is 22.6 Å². The standard InChI is InChI=1S/C24H24N2O4/c1-3-26-13-16(11-15-9-10-20(27)21(12-15)30-4-2)23-18(14-26)22(24(28)29)17-7-5-6-8-19(17)25-23/h5-12,27H,3-4,13-14H2,1-2H3,(H,28,29). The van der Waals surface area contributed by atoms with Crippen LogP contribution in [-0.4, -0.2) is 45.8 Å². The van der Waals surface area contributed by atoms with Gasteiger partial charge in [0.05, 0.1) is 23.4 Å². The van der Waals surface area contributed by atoms with Gasteiger partial charge in [0.2, 0.25) is 0 Å². The van der Waals surface area contributed by atoms with Crippen LogP contribution in [-0.2, 0) is 6.54 Å². The maximum absolute atomic E-state index is 12.2. The molecule has 3 aromatic rings. The van der Waals surface area contributed by atoms with Crippen molar-refractivity contribution >= 4 is 28.5 Å². The fourth-order valence-electron chi connectivity index (χ4n) is 3.94. The second kappa shape index (κ2) is 8.16. The Bertz CT molecular complexity index is 1150. The Labute approximate surface area is 175 Å². The maximum Gasteiger partial charge on any atom is 0.336 e. The highest BCUT2D eigenvalue weighted by molar-refractivity contribution is 6.06. The number of phenols is 1. The zero-order chi connectivity index (χ0) is 21.3. The minimum atomic E-state index is -0.939. The molecule has 0 bridgehead atoms. The van der Waals surface area contributed by atoms with Gasteiger partial charge < -0.3 is 14.9 Å². The smallest absolute Gasteiger partial charge is 0.336 e. The van der Waals surface area contributed by atoms with Gasteiger partial charge in [-0.05, 0) is 48.9 Å². The van der Waals surface area contributed by atoms with Crippen molar-refractivity contribution in [3.8, 4) is 11.5 Å². The number of aromatic carboxylic acids is 1. The quantitative estimate of drug-likeness (QED) is 0.655. The van der Waals surface area contributed by atoms with Gasteiger partial charge in [-0.1, -0.05) is 31.2 Å². The number of aromatic nitrogens is 1. The van der Waals surface area contributed by atoms with Gasteiger partial charge in [-0.15, -0.1) is 0 Å². The molecule has 0 atom stereocenters. The van der Waals surface area contributed by atoms with Gasteiger partial charge in [-0.25, -0.2) is 9.78 Å². The van der Waals surface area contributed by atoms with E-state index in [4.69, 9.17) is 9.72 Å². The van der Waals surface area contributed by atoms with E-state index in [1.54, 1.807) is 12.1 Å². The molecule has 2 heterocycles. The van der Waals surface area contributed by atoms with Gasteiger partial charge in [0.25, 0.3) is 0 Å². The number of carboxylic acid groups (broad SMARTS) is 1. The molecular formula is C24H24N2O4. The number of pyridine rings is 1. The topological polar surface area (TPSA) is 82.9 Å². The zero-order valence-corrected chi connectivity index (χ0v) is 17.1. The van der Waals surface area contributed by atoms with E-state index in [-0.39, 0.29) is 5.75 Å². The van der Waals surface area contributed by atoms with Crippen LogP contribution in [0.3, 0.4) is 0 Å². The van der Waals surface area contributed by atoms with E-state index in [0.717, 1.165) is 28.9 Å². The number of ether oxygens (including phenoxy) is 1. The average Bonchev–Trinajstić information content (AvgIpc) is 2.74. The molecule has 2 aromatic carbocycles. The first-order chi connectivity index (χ1) is 14.5. The van der Waals surface area contributed by atoms with E-state index in [1.165, 1.54) is 0 Å². The predicted molar refractivity (Wildman–Crippen MR) is 117 cm³/mol. The minimum Gasteiger partial charge on any atom is -0.504 e. The number of fused-ring (bicyclic) bond motifs is 2. The van der Waals surface area contributed by atoms with Crippen LogP contribution in [0.1, 0.15) is 41.0 Å². The third-order valence-electron chi connectivity index (χ3n) is 5.36. The molecule has 6 nitrogen and oxygen atoms in total. The zero-order valence-electron chi connectivity index (χ0n) is 17.1. The molecule has 1 aromatic heterocycles. The molecule has 30 heavy (non-hydrogen) atoms. The Kier molecular flexibility index (Phi) is 5.42. The van der Waals surface area contributed by atoms with Crippen molar-refractivity contribution in [2.24, 2.45) is 0 Å². The number of phenolic OH excluding ortho intramolecular Hbond substituents is 1. The van der Waals surface area contributed by atoms with Crippen LogP contribution in [0, 0.1) is 0 Å². The molecule has 154 valence electrons. The summed E-state index contributed by atoms with van der Waals surface area (Å²) in [6.07, 6.45) is 2.00. The van der Waals surface area contributed by atoms with Crippen LogP contribution in [0.2, 0.25) is 0 Å². The first-order valence-electron chi connectivity index (χ1n) is 10.1. The second-order valence-electron chi connectivity index (χ2n) is 7.27. The summed E-state index contributed by atoms with van der Waals surface area (Å²) in [6, 6.07) is 12.6. The number of benzene rings is 2. The minimum absolute atomic E-state index is 0.0931. The highest BCUT2D eigenvalue weighted by atomic mass is 16.5. The number of hydrogen-bond donors (Lipinski definition) is 2. The van der Waals surface area contributed by atoms with E-state index in [1.807, 2.05) is 43.3 Å². The lowest BCUT2D eigenvalue weighted by Crippen LogP contribution is -2.31. The summed E-state index contributed by atoms with van der Waals surface area (Å²) in [5, 5.41) is 20.6. The summed E-state index contributed by atoms with van der Waals surface area (Å²) < 4.78 is 5.50. The van der Waals surface area contributed by atoms with E-state index < -0.39 is 5.97 Å². The molecule has 6 heteroatoms. The Morgan fingerprint density at radius 1 is 1.20 bits per heavy atom. The van der Waals surface area contributed by atoms with Gasteiger partial charge in [-0.2, -0.15) is 0 Å². The second-order valence-corrected chi connectivity index (χ2v) is 7.27. The number of carbonyl (C=O) groups is 1. The Morgan fingerprint density at radius 2 is 2.00 bits per heavy atom. The Balaban J connectivity index is 1.92. The molecule has 0 saturated carbocycles. The molecule has 1 aliphatic rings. The van der Waals surface area contributed by atoms with Crippen molar-refractivity contribution in [1.29, 1.82) is 0 Å². The van der Waals surface area contributed by atoms with Gasteiger partial charge in [-0.3, -0.25) is 4.90 Å². The number of para-hydroxylation sites is 1. The normalized spacial score (nSPS) is 15.3. The van der Waals surface area contributed by atoms with Gasteiger partial charge in [0.15, 0.2) is 11.5 Å². The van der Waals surface area contributed by atoms with E-state index in [9.17, 15) is 15.0 Å². The van der Waals surface area contributed by atoms with E-state index >= 15 is 0 Å². The number of carboxylic acids is 1. The van der Waals surface area contributed by atoms with Crippen LogP contribution in [0.15, 0.2) is 42.5 Å². The first kappa shape index (κ1) is 19.9. The lowest BCUT2D eigenvalue weighted by molar-refractivity contribution is 0.0696. The largest absolute Gasteiger partial charge is 0.504 e. The predicted octanol–water partition coefficient (Wildman–Crippen LogP) is 4.41. The summed E-state index contributed by atoms with van der Waals surface area (Å²) in [7, 11) is 0. The van der Waals surface area contributed by atoms with Crippen molar-refractivity contribution in [1.82, 2.24) is 9.88 Å². The third kappa shape index (κ3) is 3.62. The third-order valence-corrected chi connectivity index (χ3v) is 5.36.